The molecule has 1 unspecified atom stereocenters. The Hall–Kier alpha value is -2.82. The van der Waals surface area contributed by atoms with Crippen LogP contribution in [0.3, 0.4) is 0 Å². The molecule has 2 aliphatic rings. The number of benzene rings is 1. The Kier molecular flexibility index (Phi) is 7.60. The van der Waals surface area contributed by atoms with Gasteiger partial charge < -0.3 is 14.8 Å². The van der Waals surface area contributed by atoms with E-state index >= 15 is 0 Å². The van der Waals surface area contributed by atoms with E-state index in [0.717, 1.165) is 42.8 Å². The Bertz CT molecular complexity index is 1110. The fraction of sp³-hybridized carbons (Fsp3) is 0.444. The lowest BCUT2D eigenvalue weighted by molar-refractivity contribution is -0.151. The first-order valence-electron chi connectivity index (χ1n) is 11.7. The van der Waals surface area contributed by atoms with Crippen molar-refractivity contribution >= 4 is 23.7 Å². The highest BCUT2D eigenvalue weighted by Crippen LogP contribution is 2.46. The lowest BCUT2D eigenvalue weighted by atomic mass is 9.80. The zero-order valence-electron chi connectivity index (χ0n) is 19.8. The van der Waals surface area contributed by atoms with E-state index in [9.17, 15) is 9.59 Å². The van der Waals surface area contributed by atoms with Crippen molar-refractivity contribution in [1.29, 1.82) is 0 Å². The van der Waals surface area contributed by atoms with Crippen LogP contribution in [0.25, 0.3) is 0 Å². The maximum atomic E-state index is 12.6. The normalized spacial score (nSPS) is 19.3. The smallest absolute Gasteiger partial charge is 0.339 e. The summed E-state index contributed by atoms with van der Waals surface area (Å²) in [7, 11) is 0. The summed E-state index contributed by atoms with van der Waals surface area (Å²) >= 11 is 1.62. The summed E-state index contributed by atoms with van der Waals surface area (Å²) in [5.41, 5.74) is 2.79. The largest absolute Gasteiger partial charge is 0.462 e. The highest BCUT2D eigenvalue weighted by molar-refractivity contribution is 7.99. The minimum absolute atomic E-state index is 0.00368. The number of carbonyl (C=O) groups is 2. The Morgan fingerprint density at radius 1 is 1.18 bits per heavy atom. The van der Waals surface area contributed by atoms with Gasteiger partial charge in [0.1, 0.15) is 5.69 Å². The lowest BCUT2D eigenvalue weighted by Crippen LogP contribution is -2.36. The quantitative estimate of drug-likeness (QED) is 0.519. The lowest BCUT2D eigenvalue weighted by Gasteiger charge is -2.37. The average molecular weight is 479 g/mol. The van der Waals surface area contributed by atoms with Gasteiger partial charge in [-0.1, -0.05) is 31.5 Å². The number of aromatic nitrogens is 1. The first-order chi connectivity index (χ1) is 16.4. The summed E-state index contributed by atoms with van der Waals surface area (Å²) < 4.78 is 10.9. The van der Waals surface area contributed by atoms with Crippen molar-refractivity contribution in [2.75, 3.05) is 19.7 Å². The first-order valence-corrected chi connectivity index (χ1v) is 12.6. The molecule has 1 atom stereocenters. The summed E-state index contributed by atoms with van der Waals surface area (Å²) in [5, 5.41) is 3.29. The third kappa shape index (κ3) is 5.81. The fourth-order valence-electron chi connectivity index (χ4n) is 4.24. The summed E-state index contributed by atoms with van der Waals surface area (Å²) in [5.74, 6) is 5.80. The van der Waals surface area contributed by atoms with Crippen molar-refractivity contribution in [1.82, 2.24) is 10.3 Å². The van der Waals surface area contributed by atoms with Gasteiger partial charge in [-0.2, -0.15) is 0 Å². The highest BCUT2D eigenvalue weighted by Gasteiger charge is 2.36. The standard InChI is InChI=1S/C27H30N2O4S/c1-4-32-25(30)20-7-9-21(29-17-20)8-5-18-6-10-23-22(15-18)27(2,3)16-24(34-23)33-26(31)19-11-13-28-14-12-19/h6-7,9-10,15,17,19,24,28H,4,11-14,16H2,1-3H3. The van der Waals surface area contributed by atoms with Gasteiger partial charge in [0.2, 0.25) is 0 Å². The second-order valence-corrected chi connectivity index (χ2v) is 10.4. The number of hydrogen-bond acceptors (Lipinski definition) is 7. The van der Waals surface area contributed by atoms with E-state index in [4.69, 9.17) is 9.47 Å². The van der Waals surface area contributed by atoms with Crippen LogP contribution < -0.4 is 5.32 Å². The van der Waals surface area contributed by atoms with E-state index in [0.29, 0.717) is 17.9 Å². The highest BCUT2D eigenvalue weighted by atomic mass is 32.2. The predicted molar refractivity (Wildman–Crippen MR) is 132 cm³/mol. The summed E-state index contributed by atoms with van der Waals surface area (Å²) in [6, 6.07) is 9.56. The van der Waals surface area contributed by atoms with Gasteiger partial charge in [0.05, 0.1) is 18.1 Å². The van der Waals surface area contributed by atoms with E-state index in [-0.39, 0.29) is 28.7 Å². The predicted octanol–water partition coefficient (Wildman–Crippen LogP) is 4.30. The van der Waals surface area contributed by atoms with Gasteiger partial charge in [0.15, 0.2) is 5.44 Å². The molecule has 1 fully saturated rings. The molecule has 6 nitrogen and oxygen atoms in total. The van der Waals surface area contributed by atoms with E-state index in [1.54, 1.807) is 30.8 Å². The van der Waals surface area contributed by atoms with E-state index in [1.165, 1.54) is 11.8 Å². The third-order valence-corrected chi connectivity index (χ3v) is 7.31. The number of piperidine rings is 1. The van der Waals surface area contributed by atoms with Gasteiger partial charge in [0.25, 0.3) is 0 Å². The number of carbonyl (C=O) groups excluding carboxylic acids is 2. The second-order valence-electron chi connectivity index (χ2n) is 9.21. The Morgan fingerprint density at radius 2 is 1.97 bits per heavy atom. The van der Waals surface area contributed by atoms with E-state index < -0.39 is 0 Å². The van der Waals surface area contributed by atoms with Crippen LogP contribution in [0.4, 0.5) is 0 Å². The molecule has 0 spiro atoms. The molecule has 0 radical (unpaired) electrons. The zero-order chi connectivity index (χ0) is 24.1. The van der Waals surface area contributed by atoms with Gasteiger partial charge in [-0.3, -0.25) is 4.79 Å². The zero-order valence-corrected chi connectivity index (χ0v) is 20.7. The van der Waals surface area contributed by atoms with Gasteiger partial charge in [-0.05, 0) is 80.1 Å². The van der Waals surface area contributed by atoms with Gasteiger partial charge >= 0.3 is 11.9 Å². The SMILES string of the molecule is CCOC(=O)c1ccc(C#Cc2ccc3c(c2)C(C)(C)CC(OC(=O)C2CCNCC2)S3)nc1. The molecule has 2 aromatic rings. The fourth-order valence-corrected chi connectivity index (χ4v) is 5.77. The monoisotopic (exact) mass is 478 g/mol. The maximum absolute atomic E-state index is 12.6. The van der Waals surface area contributed by atoms with Crippen molar-refractivity contribution in [3.63, 3.8) is 0 Å². The molecule has 1 saturated heterocycles. The van der Waals surface area contributed by atoms with Crippen molar-refractivity contribution < 1.29 is 19.1 Å². The molecule has 0 bridgehead atoms. The Labute approximate surface area is 205 Å². The van der Waals surface area contributed by atoms with Crippen LogP contribution >= 0.6 is 11.8 Å². The second kappa shape index (κ2) is 10.6. The number of nitrogens with zero attached hydrogens (tertiary/aromatic N) is 1. The van der Waals surface area contributed by atoms with Crippen LogP contribution in [0.2, 0.25) is 0 Å². The number of esters is 2. The van der Waals surface area contributed by atoms with Crippen LogP contribution in [0, 0.1) is 17.8 Å². The van der Waals surface area contributed by atoms with E-state index in [1.807, 2.05) is 6.07 Å². The molecule has 3 heterocycles. The Balaban J connectivity index is 1.45. The molecular formula is C27H30N2O4S. The summed E-state index contributed by atoms with van der Waals surface area (Å²) in [6.07, 6.45) is 3.94. The van der Waals surface area contributed by atoms with Crippen molar-refractivity contribution in [3.05, 3.63) is 58.9 Å². The molecule has 7 heteroatoms. The van der Waals surface area contributed by atoms with Crippen LogP contribution in [0.5, 0.6) is 0 Å². The number of rotatable bonds is 4. The number of pyridine rings is 1. The first kappa shape index (κ1) is 24.3. The maximum Gasteiger partial charge on any atom is 0.339 e. The molecule has 1 aromatic carbocycles. The average Bonchev–Trinajstić information content (AvgIpc) is 2.83. The molecule has 2 aliphatic heterocycles. The molecule has 4 rings (SSSR count). The third-order valence-electron chi connectivity index (χ3n) is 6.17. The van der Waals surface area contributed by atoms with Crippen molar-refractivity contribution in [3.8, 4) is 11.8 Å². The topological polar surface area (TPSA) is 77.5 Å². The molecule has 1 aromatic heterocycles. The van der Waals surface area contributed by atoms with Crippen LogP contribution in [-0.4, -0.2) is 42.1 Å². The molecule has 1 N–H and O–H groups in total. The number of fused-ring (bicyclic) bond motifs is 1. The van der Waals surface area contributed by atoms with Gasteiger partial charge in [-0.15, -0.1) is 0 Å². The molecule has 0 amide bonds. The van der Waals surface area contributed by atoms with E-state index in [2.05, 4.69) is 48.1 Å². The van der Waals surface area contributed by atoms with Crippen LogP contribution in [0.1, 0.15) is 67.2 Å². The van der Waals surface area contributed by atoms with Crippen molar-refractivity contribution in [2.24, 2.45) is 5.92 Å². The number of nitrogens with one attached hydrogen (secondary N) is 1. The molecule has 0 aliphatic carbocycles. The minimum atomic E-state index is -0.385. The summed E-state index contributed by atoms with van der Waals surface area (Å²) in [6.45, 7) is 8.22. The van der Waals surface area contributed by atoms with Crippen molar-refractivity contribution in [2.45, 2.75) is 55.8 Å². The van der Waals surface area contributed by atoms with Crippen LogP contribution in [-0.2, 0) is 19.7 Å². The molecule has 0 saturated carbocycles. The molecule has 178 valence electrons. The number of thioether (sulfide) groups is 1. The number of hydrogen-bond donors (Lipinski definition) is 1. The molecular weight excluding hydrogens is 448 g/mol. The molecule has 34 heavy (non-hydrogen) atoms. The Morgan fingerprint density at radius 3 is 2.68 bits per heavy atom. The minimum Gasteiger partial charge on any atom is -0.462 e. The van der Waals surface area contributed by atoms with Gasteiger partial charge in [0, 0.05) is 23.1 Å². The summed E-state index contributed by atoms with van der Waals surface area (Å²) in [4.78, 5) is 29.8. The van der Waals surface area contributed by atoms with Crippen LogP contribution in [0.15, 0.2) is 41.4 Å². The van der Waals surface area contributed by atoms with Gasteiger partial charge in [-0.25, -0.2) is 9.78 Å². The number of ether oxygens (including phenoxy) is 2.